The smallest absolute Gasteiger partial charge is 0.407 e. The highest BCUT2D eigenvalue weighted by molar-refractivity contribution is 5.92. The normalized spacial score (nSPS) is 15.7. The van der Waals surface area contributed by atoms with Crippen molar-refractivity contribution in [2.75, 3.05) is 50.1 Å². The molecule has 2 aliphatic rings. The van der Waals surface area contributed by atoms with Gasteiger partial charge in [0.25, 0.3) is 0 Å². The first-order valence-corrected chi connectivity index (χ1v) is 13.2. The standard InChI is InChI=1S/C28H33F2N5O6/c1-17(4-9-25(37)31-16-36)26-23(29)10-20(11-24(26)30)34-12-18(13-34)32-27(38)41-22-14-35(15-22)28(39)33(2)19-5-7-21(40-3)8-6-19/h5-8,10-11,16-18,22H,4,9,12-15H2,1-3H3,(H,32,38)(H,31,36,37). The number of anilines is 2. The van der Waals surface area contributed by atoms with Gasteiger partial charge >= 0.3 is 12.1 Å². The second-order valence-electron chi connectivity index (χ2n) is 10.2. The van der Waals surface area contributed by atoms with Gasteiger partial charge in [0.05, 0.1) is 26.2 Å². The summed E-state index contributed by atoms with van der Waals surface area (Å²) in [6.07, 6.45) is -0.632. The molecule has 0 saturated carbocycles. The number of ether oxygens (including phenoxy) is 2. The fraction of sp³-hybridized carbons (Fsp3) is 0.429. The van der Waals surface area contributed by atoms with Crippen LogP contribution < -0.4 is 25.2 Å². The summed E-state index contributed by atoms with van der Waals surface area (Å²) in [6.45, 7) is 2.84. The van der Waals surface area contributed by atoms with Gasteiger partial charge in [0, 0.05) is 43.5 Å². The molecule has 0 bridgehead atoms. The van der Waals surface area contributed by atoms with Gasteiger partial charge in [-0.05, 0) is 48.7 Å². The van der Waals surface area contributed by atoms with E-state index >= 15 is 0 Å². The number of urea groups is 1. The fourth-order valence-corrected chi connectivity index (χ4v) is 4.78. The van der Waals surface area contributed by atoms with E-state index in [4.69, 9.17) is 9.47 Å². The minimum atomic E-state index is -0.721. The van der Waals surface area contributed by atoms with Crippen molar-refractivity contribution in [3.63, 3.8) is 0 Å². The number of benzene rings is 2. The number of nitrogens with zero attached hydrogens (tertiary/aromatic N) is 3. The fourth-order valence-electron chi connectivity index (χ4n) is 4.78. The third-order valence-corrected chi connectivity index (χ3v) is 7.29. The van der Waals surface area contributed by atoms with Crippen LogP contribution in [-0.4, -0.2) is 81.8 Å². The van der Waals surface area contributed by atoms with Crippen LogP contribution in [0.25, 0.3) is 0 Å². The monoisotopic (exact) mass is 573 g/mol. The minimum Gasteiger partial charge on any atom is -0.497 e. The van der Waals surface area contributed by atoms with E-state index in [-0.39, 0.29) is 50.0 Å². The van der Waals surface area contributed by atoms with Gasteiger partial charge in [-0.2, -0.15) is 0 Å². The highest BCUT2D eigenvalue weighted by Gasteiger charge is 2.37. The Balaban J connectivity index is 1.19. The first-order chi connectivity index (χ1) is 19.6. The van der Waals surface area contributed by atoms with Crippen LogP contribution in [-0.2, 0) is 14.3 Å². The summed E-state index contributed by atoms with van der Waals surface area (Å²) in [5.41, 5.74) is 0.932. The largest absolute Gasteiger partial charge is 0.497 e. The maximum Gasteiger partial charge on any atom is 0.407 e. The molecule has 2 heterocycles. The van der Waals surface area contributed by atoms with E-state index < -0.39 is 35.7 Å². The van der Waals surface area contributed by atoms with Crippen LogP contribution in [0.15, 0.2) is 36.4 Å². The van der Waals surface area contributed by atoms with Gasteiger partial charge in [0.2, 0.25) is 12.3 Å². The number of alkyl carbamates (subject to hydrolysis) is 1. The number of carbonyl (C=O) groups excluding carboxylic acids is 4. The molecule has 2 saturated heterocycles. The molecule has 2 aromatic rings. The molecule has 11 nitrogen and oxygen atoms in total. The molecule has 1 atom stereocenters. The highest BCUT2D eigenvalue weighted by Crippen LogP contribution is 2.32. The van der Waals surface area contributed by atoms with E-state index in [0.717, 1.165) is 0 Å². The molecule has 13 heteroatoms. The van der Waals surface area contributed by atoms with Gasteiger partial charge in [-0.25, -0.2) is 18.4 Å². The number of likely N-dealkylation sites (tertiary alicyclic amines) is 1. The maximum absolute atomic E-state index is 14.8. The van der Waals surface area contributed by atoms with Gasteiger partial charge in [-0.1, -0.05) is 6.92 Å². The van der Waals surface area contributed by atoms with Gasteiger partial charge in [0.1, 0.15) is 23.5 Å². The zero-order valence-corrected chi connectivity index (χ0v) is 23.1. The Bertz CT molecular complexity index is 1260. The minimum absolute atomic E-state index is 0.0357. The van der Waals surface area contributed by atoms with Crippen molar-refractivity contribution < 1.29 is 37.4 Å². The number of nitrogens with one attached hydrogen (secondary N) is 2. The number of carbonyl (C=O) groups is 4. The quantitative estimate of drug-likeness (QED) is 0.420. The third-order valence-electron chi connectivity index (χ3n) is 7.29. The van der Waals surface area contributed by atoms with Crippen molar-refractivity contribution in [2.24, 2.45) is 0 Å². The number of methoxy groups -OCH3 is 1. The Hall–Kier alpha value is -4.42. The summed E-state index contributed by atoms with van der Waals surface area (Å²) in [5.74, 6) is -1.83. The van der Waals surface area contributed by atoms with Crippen molar-refractivity contribution >= 4 is 35.8 Å². The van der Waals surface area contributed by atoms with Gasteiger partial charge < -0.3 is 24.6 Å². The Labute approximate surface area is 236 Å². The lowest BCUT2D eigenvalue weighted by Gasteiger charge is -2.43. The number of rotatable bonds is 10. The predicted molar refractivity (Wildman–Crippen MR) is 146 cm³/mol. The summed E-state index contributed by atoms with van der Waals surface area (Å²) >= 11 is 0. The molecule has 5 amide bonds. The second-order valence-corrected chi connectivity index (χ2v) is 10.2. The summed E-state index contributed by atoms with van der Waals surface area (Å²) in [5, 5.41) is 4.74. The van der Waals surface area contributed by atoms with E-state index in [2.05, 4.69) is 5.32 Å². The Morgan fingerprint density at radius 2 is 1.73 bits per heavy atom. The Kier molecular flexibility index (Phi) is 9.25. The highest BCUT2D eigenvalue weighted by atomic mass is 19.1. The number of amides is 5. The lowest BCUT2D eigenvalue weighted by Crippen LogP contribution is -2.62. The predicted octanol–water partition coefficient (Wildman–Crippen LogP) is 2.99. The van der Waals surface area contributed by atoms with Gasteiger partial charge in [-0.15, -0.1) is 0 Å². The van der Waals surface area contributed by atoms with Crippen LogP contribution in [0.5, 0.6) is 5.75 Å². The van der Waals surface area contributed by atoms with Gasteiger partial charge in [-0.3, -0.25) is 19.8 Å². The zero-order chi connectivity index (χ0) is 29.7. The summed E-state index contributed by atoms with van der Waals surface area (Å²) < 4.78 is 40.1. The van der Waals surface area contributed by atoms with Crippen molar-refractivity contribution in [3.8, 4) is 5.75 Å². The average molecular weight is 574 g/mol. The van der Waals surface area contributed by atoms with E-state index in [1.165, 1.54) is 17.0 Å². The van der Waals surface area contributed by atoms with Crippen LogP contribution in [0, 0.1) is 11.6 Å². The number of hydrogen-bond donors (Lipinski definition) is 2. The molecule has 2 N–H and O–H groups in total. The molecule has 2 aromatic carbocycles. The van der Waals surface area contributed by atoms with E-state index in [1.807, 2.05) is 5.32 Å². The SMILES string of the molecule is COc1ccc(N(C)C(=O)N2CC(OC(=O)NC3CN(c4cc(F)c(C(C)CCC(=O)NC=O)c(F)c4)C3)C2)cc1. The number of hydrogen-bond acceptors (Lipinski definition) is 7. The van der Waals surface area contributed by atoms with E-state index in [9.17, 15) is 28.0 Å². The summed E-state index contributed by atoms with van der Waals surface area (Å²) in [4.78, 5) is 51.6. The molecule has 2 fully saturated rings. The lowest BCUT2D eigenvalue weighted by atomic mass is 9.94. The van der Waals surface area contributed by atoms with E-state index in [1.54, 1.807) is 55.1 Å². The molecule has 220 valence electrons. The first-order valence-electron chi connectivity index (χ1n) is 13.2. The molecular weight excluding hydrogens is 540 g/mol. The van der Waals surface area contributed by atoms with Crippen LogP contribution in [0.2, 0.25) is 0 Å². The third kappa shape index (κ3) is 7.02. The molecule has 0 aromatic heterocycles. The van der Waals surface area contributed by atoms with Crippen molar-refractivity contribution in [2.45, 2.75) is 37.8 Å². The molecule has 0 spiro atoms. The summed E-state index contributed by atoms with van der Waals surface area (Å²) in [7, 11) is 3.23. The zero-order valence-electron chi connectivity index (χ0n) is 23.1. The Morgan fingerprint density at radius 1 is 1.10 bits per heavy atom. The molecule has 0 aliphatic carbocycles. The molecule has 4 rings (SSSR count). The number of halogens is 2. The topological polar surface area (TPSA) is 121 Å². The lowest BCUT2D eigenvalue weighted by molar-refractivity contribution is -0.125. The van der Waals surface area contributed by atoms with Crippen molar-refractivity contribution in [1.29, 1.82) is 0 Å². The summed E-state index contributed by atoms with van der Waals surface area (Å²) in [6, 6.07) is 9.07. The first kappa shape index (κ1) is 29.6. The molecule has 41 heavy (non-hydrogen) atoms. The maximum atomic E-state index is 14.8. The van der Waals surface area contributed by atoms with E-state index in [0.29, 0.717) is 30.2 Å². The molecule has 2 aliphatic heterocycles. The molecule has 0 radical (unpaired) electrons. The van der Waals surface area contributed by atoms with Crippen molar-refractivity contribution in [1.82, 2.24) is 15.5 Å². The number of imide groups is 1. The van der Waals surface area contributed by atoms with Crippen molar-refractivity contribution in [3.05, 3.63) is 53.6 Å². The van der Waals surface area contributed by atoms with Crippen LogP contribution in [0.3, 0.4) is 0 Å². The van der Waals surface area contributed by atoms with Gasteiger partial charge in [0.15, 0.2) is 0 Å². The van der Waals surface area contributed by atoms with Crippen LogP contribution in [0.4, 0.5) is 29.7 Å². The Morgan fingerprint density at radius 3 is 2.32 bits per heavy atom. The van der Waals surface area contributed by atoms with Crippen LogP contribution in [0.1, 0.15) is 31.2 Å². The average Bonchev–Trinajstić information content (AvgIpc) is 2.90. The second kappa shape index (κ2) is 12.8. The molecule has 1 unspecified atom stereocenters. The molecular formula is C28H33F2N5O6. The van der Waals surface area contributed by atoms with Crippen LogP contribution >= 0.6 is 0 Å².